The van der Waals surface area contributed by atoms with Gasteiger partial charge in [-0.25, -0.2) is 8.42 Å². The van der Waals surface area contributed by atoms with Crippen LogP contribution in [0, 0.1) is 6.92 Å². The van der Waals surface area contributed by atoms with E-state index in [1.54, 1.807) is 7.11 Å². The molecular weight excluding hydrogens is 262 g/mol. The molecule has 19 heavy (non-hydrogen) atoms. The molecule has 106 valence electrons. The molecule has 2 rings (SSSR count). The highest BCUT2D eigenvalue weighted by molar-refractivity contribution is 7.91. The lowest BCUT2D eigenvalue weighted by molar-refractivity contribution is 0.378. The first kappa shape index (κ1) is 14.3. The number of methoxy groups -OCH3 is 1. The molecule has 1 saturated heterocycles. The maximum absolute atomic E-state index is 11.6. The highest BCUT2D eigenvalue weighted by Crippen LogP contribution is 2.25. The summed E-state index contributed by atoms with van der Waals surface area (Å²) < 4.78 is 28.5. The molecule has 1 atom stereocenters. The van der Waals surface area contributed by atoms with Gasteiger partial charge in [0.1, 0.15) is 5.75 Å². The van der Waals surface area contributed by atoms with E-state index in [0.29, 0.717) is 13.0 Å². The van der Waals surface area contributed by atoms with Gasteiger partial charge in [-0.15, -0.1) is 0 Å². The zero-order chi connectivity index (χ0) is 14.1. The number of hydrogen-bond acceptors (Lipinski definition) is 4. The molecule has 4 nitrogen and oxygen atoms in total. The van der Waals surface area contributed by atoms with Crippen molar-refractivity contribution in [2.45, 2.75) is 32.4 Å². The molecule has 0 amide bonds. The minimum Gasteiger partial charge on any atom is -0.496 e. The van der Waals surface area contributed by atoms with Crippen molar-refractivity contribution >= 4 is 9.84 Å². The first-order valence-electron chi connectivity index (χ1n) is 6.43. The van der Waals surface area contributed by atoms with Crippen molar-refractivity contribution < 1.29 is 13.2 Å². The van der Waals surface area contributed by atoms with E-state index in [-0.39, 0.29) is 17.0 Å². The summed E-state index contributed by atoms with van der Waals surface area (Å²) in [6.45, 7) is 4.63. The fourth-order valence-electron chi connectivity index (χ4n) is 2.50. The number of rotatable bonds is 4. The Kier molecular flexibility index (Phi) is 3.87. The van der Waals surface area contributed by atoms with E-state index in [4.69, 9.17) is 4.74 Å². The number of ether oxygens (including phenoxy) is 1. The largest absolute Gasteiger partial charge is 0.496 e. The van der Waals surface area contributed by atoms with Gasteiger partial charge in [0.25, 0.3) is 0 Å². The monoisotopic (exact) mass is 283 g/mol. The van der Waals surface area contributed by atoms with Crippen molar-refractivity contribution in [1.29, 1.82) is 0 Å². The standard InChI is InChI=1S/C14H21NO3S/c1-11-4-5-13(18-3)12(8-11)9-15-14(2)6-7-19(16,17)10-14/h4-5,8,15H,6-7,9-10H2,1-3H3. The molecule has 1 N–H and O–H groups in total. The lowest BCUT2D eigenvalue weighted by Gasteiger charge is -2.24. The minimum absolute atomic E-state index is 0.216. The molecule has 0 aromatic heterocycles. The van der Waals surface area contributed by atoms with E-state index < -0.39 is 9.84 Å². The molecule has 1 aromatic rings. The van der Waals surface area contributed by atoms with E-state index >= 15 is 0 Å². The van der Waals surface area contributed by atoms with Gasteiger partial charge in [-0.1, -0.05) is 17.7 Å². The average molecular weight is 283 g/mol. The summed E-state index contributed by atoms with van der Waals surface area (Å²) in [5.74, 6) is 1.33. The summed E-state index contributed by atoms with van der Waals surface area (Å²) >= 11 is 0. The summed E-state index contributed by atoms with van der Waals surface area (Å²) in [4.78, 5) is 0. The van der Waals surface area contributed by atoms with Crippen LogP contribution in [-0.2, 0) is 16.4 Å². The Morgan fingerprint density at radius 3 is 2.74 bits per heavy atom. The van der Waals surface area contributed by atoms with Gasteiger partial charge in [-0.3, -0.25) is 0 Å². The molecular formula is C14H21NO3S. The number of hydrogen-bond donors (Lipinski definition) is 1. The number of nitrogens with one attached hydrogen (secondary N) is 1. The third-order valence-electron chi connectivity index (χ3n) is 3.64. The quantitative estimate of drug-likeness (QED) is 0.913. The highest BCUT2D eigenvalue weighted by Gasteiger charge is 2.37. The van der Waals surface area contributed by atoms with E-state index in [9.17, 15) is 8.42 Å². The van der Waals surface area contributed by atoms with Crippen LogP contribution in [0.5, 0.6) is 5.75 Å². The summed E-state index contributed by atoms with van der Waals surface area (Å²) in [5.41, 5.74) is 1.91. The first-order valence-corrected chi connectivity index (χ1v) is 8.25. The third kappa shape index (κ3) is 3.48. The maximum atomic E-state index is 11.6. The van der Waals surface area contributed by atoms with Crippen LogP contribution in [0.25, 0.3) is 0 Å². The molecule has 0 aliphatic carbocycles. The van der Waals surface area contributed by atoms with Gasteiger partial charge in [-0.05, 0) is 26.3 Å². The predicted octanol–water partition coefficient (Wildman–Crippen LogP) is 1.67. The Morgan fingerprint density at radius 1 is 1.42 bits per heavy atom. The summed E-state index contributed by atoms with van der Waals surface area (Å²) in [7, 11) is -1.23. The fraction of sp³-hybridized carbons (Fsp3) is 0.571. The smallest absolute Gasteiger partial charge is 0.152 e. The van der Waals surface area contributed by atoms with Gasteiger partial charge < -0.3 is 10.1 Å². The summed E-state index contributed by atoms with van der Waals surface area (Å²) in [6.07, 6.45) is 0.670. The SMILES string of the molecule is COc1ccc(C)cc1CNC1(C)CCS(=O)(=O)C1. The molecule has 5 heteroatoms. The molecule has 0 saturated carbocycles. The van der Waals surface area contributed by atoms with Gasteiger partial charge in [0.2, 0.25) is 0 Å². The Hall–Kier alpha value is -1.07. The summed E-state index contributed by atoms with van der Waals surface area (Å²) in [5, 5.41) is 3.37. The molecule has 1 aromatic carbocycles. The van der Waals surface area contributed by atoms with Crippen molar-refractivity contribution in [2.75, 3.05) is 18.6 Å². The molecule has 1 unspecified atom stereocenters. The van der Waals surface area contributed by atoms with Crippen LogP contribution < -0.4 is 10.1 Å². The average Bonchev–Trinajstić information content (AvgIpc) is 2.62. The van der Waals surface area contributed by atoms with Crippen LogP contribution in [0.2, 0.25) is 0 Å². The molecule has 0 spiro atoms. The maximum Gasteiger partial charge on any atom is 0.152 e. The first-order chi connectivity index (χ1) is 8.84. The van der Waals surface area contributed by atoms with Gasteiger partial charge >= 0.3 is 0 Å². The zero-order valence-electron chi connectivity index (χ0n) is 11.7. The van der Waals surface area contributed by atoms with Crippen LogP contribution in [0.15, 0.2) is 18.2 Å². The highest BCUT2D eigenvalue weighted by atomic mass is 32.2. The van der Waals surface area contributed by atoms with E-state index in [2.05, 4.69) is 11.4 Å². The van der Waals surface area contributed by atoms with Gasteiger partial charge in [0.15, 0.2) is 9.84 Å². The van der Waals surface area contributed by atoms with Crippen molar-refractivity contribution in [3.05, 3.63) is 29.3 Å². The molecule has 1 heterocycles. The van der Waals surface area contributed by atoms with Crippen LogP contribution in [0.1, 0.15) is 24.5 Å². The fourth-order valence-corrected chi connectivity index (χ4v) is 4.63. The van der Waals surface area contributed by atoms with Gasteiger partial charge in [0, 0.05) is 17.6 Å². The normalized spacial score (nSPS) is 25.4. The number of aryl methyl sites for hydroxylation is 1. The van der Waals surface area contributed by atoms with Gasteiger partial charge in [-0.2, -0.15) is 0 Å². The van der Waals surface area contributed by atoms with Crippen LogP contribution in [0.4, 0.5) is 0 Å². The number of sulfone groups is 1. The second kappa shape index (κ2) is 5.13. The second-order valence-corrected chi connectivity index (χ2v) is 7.76. The number of benzene rings is 1. The molecule has 1 aliphatic heterocycles. The topological polar surface area (TPSA) is 55.4 Å². The van der Waals surface area contributed by atoms with Crippen LogP contribution >= 0.6 is 0 Å². The van der Waals surface area contributed by atoms with Crippen LogP contribution in [-0.4, -0.2) is 32.6 Å². The lowest BCUT2D eigenvalue weighted by Crippen LogP contribution is -2.42. The Labute approximate surface area is 115 Å². The van der Waals surface area contributed by atoms with E-state index in [1.807, 2.05) is 26.0 Å². The van der Waals surface area contributed by atoms with Crippen molar-refractivity contribution in [2.24, 2.45) is 0 Å². The van der Waals surface area contributed by atoms with Crippen molar-refractivity contribution in [3.63, 3.8) is 0 Å². The molecule has 1 aliphatic rings. The lowest BCUT2D eigenvalue weighted by atomic mass is 10.0. The predicted molar refractivity (Wildman–Crippen MR) is 76.2 cm³/mol. The molecule has 1 fully saturated rings. The second-order valence-electron chi connectivity index (χ2n) is 5.57. The van der Waals surface area contributed by atoms with Crippen LogP contribution in [0.3, 0.4) is 0 Å². The van der Waals surface area contributed by atoms with E-state index in [1.165, 1.54) is 5.56 Å². The Morgan fingerprint density at radius 2 is 2.16 bits per heavy atom. The Balaban J connectivity index is 2.09. The van der Waals surface area contributed by atoms with Gasteiger partial charge in [0.05, 0.1) is 18.6 Å². The minimum atomic E-state index is -2.88. The molecule has 0 radical (unpaired) electrons. The van der Waals surface area contributed by atoms with E-state index in [0.717, 1.165) is 11.3 Å². The Bertz CT molecular complexity index is 568. The van der Waals surface area contributed by atoms with Crippen molar-refractivity contribution in [3.8, 4) is 5.75 Å². The third-order valence-corrected chi connectivity index (χ3v) is 5.55. The molecule has 0 bridgehead atoms. The summed E-state index contributed by atoms with van der Waals surface area (Å²) in [6, 6.07) is 6.02. The van der Waals surface area contributed by atoms with Crippen molar-refractivity contribution in [1.82, 2.24) is 5.32 Å². The zero-order valence-corrected chi connectivity index (χ0v) is 12.5.